The molecular weight excluding hydrogens is 246 g/mol. The number of carbonyl (C=O) groups excluding carboxylic acids is 2. The van der Waals surface area contributed by atoms with Crippen molar-refractivity contribution in [3.63, 3.8) is 0 Å². The molecule has 1 aromatic carbocycles. The van der Waals surface area contributed by atoms with Crippen LogP contribution in [-0.4, -0.2) is 36.7 Å². The zero-order valence-corrected chi connectivity index (χ0v) is 11.5. The van der Waals surface area contributed by atoms with Gasteiger partial charge < -0.3 is 9.47 Å². The molecule has 0 aliphatic heterocycles. The van der Waals surface area contributed by atoms with E-state index in [-0.39, 0.29) is 13.2 Å². The summed E-state index contributed by atoms with van der Waals surface area (Å²) < 4.78 is 9.97. The van der Waals surface area contributed by atoms with Gasteiger partial charge in [0.05, 0.1) is 6.61 Å². The predicted molar refractivity (Wildman–Crippen MR) is 70.5 cm³/mol. The number of ether oxygens (including phenoxy) is 2. The molecule has 0 aromatic heterocycles. The number of hydrogen-bond donors (Lipinski definition) is 0. The van der Waals surface area contributed by atoms with Gasteiger partial charge in [-0.15, -0.1) is 0 Å². The molecule has 0 aliphatic carbocycles. The average molecular weight is 265 g/mol. The molecular formula is C14H19NO4. The number of rotatable bonds is 5. The smallest absolute Gasteiger partial charge is 0.410 e. The lowest BCUT2D eigenvalue weighted by Crippen LogP contribution is -2.41. The Morgan fingerprint density at radius 3 is 2.42 bits per heavy atom. The largest absolute Gasteiger partial charge is 0.464 e. The third-order valence-corrected chi connectivity index (χ3v) is 2.70. The molecule has 0 bridgehead atoms. The summed E-state index contributed by atoms with van der Waals surface area (Å²) >= 11 is 0. The fourth-order valence-electron chi connectivity index (χ4n) is 1.40. The molecule has 0 N–H and O–H groups in total. The molecule has 0 radical (unpaired) electrons. The van der Waals surface area contributed by atoms with Gasteiger partial charge in [0, 0.05) is 7.05 Å². The van der Waals surface area contributed by atoms with Crippen molar-refractivity contribution in [3.8, 4) is 0 Å². The summed E-state index contributed by atoms with van der Waals surface area (Å²) in [6, 6.07) is 8.69. The summed E-state index contributed by atoms with van der Waals surface area (Å²) in [5.41, 5.74) is 0.896. The quantitative estimate of drug-likeness (QED) is 0.766. The van der Waals surface area contributed by atoms with E-state index >= 15 is 0 Å². The molecule has 1 amide bonds. The van der Waals surface area contributed by atoms with Crippen LogP contribution < -0.4 is 0 Å². The number of carbonyl (C=O) groups is 2. The van der Waals surface area contributed by atoms with Gasteiger partial charge in [0.15, 0.2) is 0 Å². The van der Waals surface area contributed by atoms with Crippen LogP contribution >= 0.6 is 0 Å². The van der Waals surface area contributed by atoms with Crippen molar-refractivity contribution in [2.45, 2.75) is 26.5 Å². The lowest BCUT2D eigenvalue weighted by molar-refractivity contribution is -0.147. The number of esters is 1. The fraction of sp³-hybridized carbons (Fsp3) is 0.429. The average Bonchev–Trinajstić information content (AvgIpc) is 2.44. The van der Waals surface area contributed by atoms with E-state index in [1.54, 1.807) is 13.8 Å². The zero-order chi connectivity index (χ0) is 14.3. The summed E-state index contributed by atoms with van der Waals surface area (Å²) in [6.07, 6.45) is -0.551. The van der Waals surface area contributed by atoms with Gasteiger partial charge in [-0.1, -0.05) is 30.3 Å². The highest BCUT2D eigenvalue weighted by molar-refractivity contribution is 5.80. The van der Waals surface area contributed by atoms with Gasteiger partial charge in [0.25, 0.3) is 0 Å². The molecule has 0 fully saturated rings. The van der Waals surface area contributed by atoms with E-state index in [1.165, 1.54) is 11.9 Å². The van der Waals surface area contributed by atoms with Gasteiger partial charge in [0.2, 0.25) is 0 Å². The third kappa shape index (κ3) is 4.62. The predicted octanol–water partition coefficient (Wildman–Crippen LogP) is 2.21. The first-order valence-corrected chi connectivity index (χ1v) is 6.16. The van der Waals surface area contributed by atoms with Crippen LogP contribution in [0.15, 0.2) is 30.3 Å². The lowest BCUT2D eigenvalue weighted by Gasteiger charge is -2.22. The van der Waals surface area contributed by atoms with Crippen LogP contribution in [0.25, 0.3) is 0 Å². The van der Waals surface area contributed by atoms with Crippen LogP contribution in [0.2, 0.25) is 0 Å². The Hall–Kier alpha value is -2.04. The normalized spacial score (nSPS) is 11.5. The molecule has 0 heterocycles. The first-order chi connectivity index (χ1) is 9.06. The molecule has 104 valence electrons. The molecule has 1 aromatic rings. The third-order valence-electron chi connectivity index (χ3n) is 2.70. The highest BCUT2D eigenvalue weighted by Gasteiger charge is 2.24. The Bertz CT molecular complexity index is 419. The van der Waals surface area contributed by atoms with Crippen LogP contribution in [0, 0.1) is 0 Å². The summed E-state index contributed by atoms with van der Waals surface area (Å²) in [5, 5.41) is 0. The first kappa shape index (κ1) is 15.0. The Balaban J connectivity index is 2.46. The maximum absolute atomic E-state index is 11.8. The molecule has 0 spiro atoms. The van der Waals surface area contributed by atoms with Crippen molar-refractivity contribution in [2.75, 3.05) is 13.7 Å². The number of hydrogen-bond acceptors (Lipinski definition) is 4. The van der Waals surface area contributed by atoms with E-state index in [1.807, 2.05) is 30.3 Å². The summed E-state index contributed by atoms with van der Waals surface area (Å²) in [4.78, 5) is 24.5. The second kappa shape index (κ2) is 7.41. The maximum Gasteiger partial charge on any atom is 0.410 e. The zero-order valence-electron chi connectivity index (χ0n) is 11.5. The molecule has 0 saturated carbocycles. The van der Waals surface area contributed by atoms with E-state index in [0.29, 0.717) is 0 Å². The van der Waals surface area contributed by atoms with Crippen molar-refractivity contribution in [1.29, 1.82) is 0 Å². The second-order valence-corrected chi connectivity index (χ2v) is 4.08. The molecule has 0 saturated heterocycles. The SMILES string of the molecule is CCOC(=O)C(C)N(C)C(=O)OCc1ccccc1. The van der Waals surface area contributed by atoms with Gasteiger partial charge >= 0.3 is 12.1 Å². The lowest BCUT2D eigenvalue weighted by atomic mass is 10.2. The minimum Gasteiger partial charge on any atom is -0.464 e. The van der Waals surface area contributed by atoms with Gasteiger partial charge in [0.1, 0.15) is 12.6 Å². The number of amides is 1. The van der Waals surface area contributed by atoms with E-state index in [4.69, 9.17) is 9.47 Å². The molecule has 1 rings (SSSR count). The minimum absolute atomic E-state index is 0.180. The van der Waals surface area contributed by atoms with Crippen LogP contribution in [0.5, 0.6) is 0 Å². The van der Waals surface area contributed by atoms with Crippen molar-refractivity contribution in [1.82, 2.24) is 4.90 Å². The van der Waals surface area contributed by atoms with Gasteiger partial charge in [-0.3, -0.25) is 4.90 Å². The number of nitrogens with zero attached hydrogens (tertiary/aromatic N) is 1. The van der Waals surface area contributed by atoms with Gasteiger partial charge in [-0.25, -0.2) is 9.59 Å². The summed E-state index contributed by atoms with van der Waals surface area (Å²) in [7, 11) is 1.51. The van der Waals surface area contributed by atoms with Crippen LogP contribution in [0.4, 0.5) is 4.79 Å². The highest BCUT2D eigenvalue weighted by atomic mass is 16.6. The van der Waals surface area contributed by atoms with E-state index in [0.717, 1.165) is 5.56 Å². The minimum atomic E-state index is -0.664. The first-order valence-electron chi connectivity index (χ1n) is 6.16. The number of likely N-dealkylation sites (N-methyl/N-ethyl adjacent to an activating group) is 1. The monoisotopic (exact) mass is 265 g/mol. The van der Waals surface area contributed by atoms with Crippen molar-refractivity contribution in [3.05, 3.63) is 35.9 Å². The number of benzene rings is 1. The Labute approximate surface area is 113 Å². The molecule has 1 atom stereocenters. The van der Waals surface area contributed by atoms with E-state index in [2.05, 4.69) is 0 Å². The summed E-state index contributed by atoms with van der Waals surface area (Å²) in [5.74, 6) is -0.443. The molecule has 5 heteroatoms. The Morgan fingerprint density at radius 2 is 1.84 bits per heavy atom. The molecule has 0 aliphatic rings. The van der Waals surface area contributed by atoms with Crippen LogP contribution in [0.3, 0.4) is 0 Å². The molecule has 1 unspecified atom stereocenters. The van der Waals surface area contributed by atoms with Gasteiger partial charge in [-0.2, -0.15) is 0 Å². The standard InChI is InChI=1S/C14H19NO4/c1-4-18-13(16)11(2)15(3)14(17)19-10-12-8-6-5-7-9-12/h5-9,11H,4,10H2,1-3H3. The van der Waals surface area contributed by atoms with Crippen molar-refractivity contribution in [2.24, 2.45) is 0 Å². The van der Waals surface area contributed by atoms with Gasteiger partial charge in [-0.05, 0) is 19.4 Å². The Kier molecular flexibility index (Phi) is 5.85. The fourth-order valence-corrected chi connectivity index (χ4v) is 1.40. The summed E-state index contributed by atoms with van der Waals surface area (Å²) in [6.45, 7) is 3.79. The molecule has 19 heavy (non-hydrogen) atoms. The second-order valence-electron chi connectivity index (χ2n) is 4.08. The highest BCUT2D eigenvalue weighted by Crippen LogP contribution is 2.05. The topological polar surface area (TPSA) is 55.8 Å². The maximum atomic E-state index is 11.8. The Morgan fingerprint density at radius 1 is 1.21 bits per heavy atom. The van der Waals surface area contributed by atoms with Crippen molar-refractivity contribution >= 4 is 12.1 Å². The van der Waals surface area contributed by atoms with E-state index < -0.39 is 18.1 Å². The van der Waals surface area contributed by atoms with Crippen molar-refractivity contribution < 1.29 is 19.1 Å². The van der Waals surface area contributed by atoms with E-state index in [9.17, 15) is 9.59 Å². The van der Waals surface area contributed by atoms with Crippen LogP contribution in [-0.2, 0) is 20.9 Å². The molecule has 5 nitrogen and oxygen atoms in total. The van der Waals surface area contributed by atoms with Crippen LogP contribution in [0.1, 0.15) is 19.4 Å².